The molecule has 0 radical (unpaired) electrons. The summed E-state index contributed by atoms with van der Waals surface area (Å²) in [7, 11) is 0. The quantitative estimate of drug-likeness (QED) is 0.0507. The summed E-state index contributed by atoms with van der Waals surface area (Å²) in [6, 6.07) is 13.9. The van der Waals surface area contributed by atoms with E-state index >= 15 is 0 Å². The fraction of sp³-hybridized carbons (Fsp3) is 0.194. The van der Waals surface area contributed by atoms with Gasteiger partial charge in [0.05, 0.1) is 66.5 Å². The molecule has 1 aliphatic carbocycles. The Morgan fingerprint density at radius 2 is 1.14 bits per heavy atom. The van der Waals surface area contributed by atoms with Crippen molar-refractivity contribution in [1.82, 2.24) is 0 Å². The summed E-state index contributed by atoms with van der Waals surface area (Å²) in [5, 5.41) is 58.5. The number of benzene rings is 4. The Kier molecular flexibility index (Phi) is 29.1. The van der Waals surface area contributed by atoms with E-state index in [0.29, 0.717) is 27.6 Å². The van der Waals surface area contributed by atoms with E-state index in [2.05, 4.69) is 0 Å². The summed E-state index contributed by atoms with van der Waals surface area (Å²) in [4.78, 5) is 60.3. The zero-order valence-electron chi connectivity index (χ0n) is 32.5. The molecule has 0 N–H and O–H groups in total. The number of carboxylic acid groups (broad SMARTS) is 4. The van der Waals surface area contributed by atoms with E-state index in [1.165, 1.54) is 42.5 Å². The van der Waals surface area contributed by atoms with Gasteiger partial charge >= 0.3 is 257 Å². The molecule has 0 unspecified atom stereocenters. The van der Waals surface area contributed by atoms with Crippen LogP contribution in [0.4, 0.5) is 11.4 Å². The van der Waals surface area contributed by atoms with Gasteiger partial charge in [0.1, 0.15) is 36.1 Å². The minimum Gasteiger partial charge on any atom is -0.871 e. The molecule has 0 fully saturated rings. The van der Waals surface area contributed by atoms with Crippen molar-refractivity contribution < 1.29 is 316 Å². The minimum absolute atomic E-state index is 0. The Morgan fingerprint density at radius 1 is 0.655 bits per heavy atom. The Hall–Kier alpha value is 1.99. The Morgan fingerprint density at radius 3 is 1.64 bits per heavy atom. The number of halogens is 2. The fourth-order valence-electron chi connectivity index (χ4n) is 5.63. The van der Waals surface area contributed by atoms with Gasteiger partial charge in [-0.05, 0) is 60.5 Å². The number of fused-ring (bicyclic) bond motifs is 2. The van der Waals surface area contributed by atoms with E-state index in [1.54, 1.807) is 13.0 Å². The number of rotatable bonds is 16. The molecule has 0 aromatic heterocycles. The number of carbonyl (C=O) groups excluding carboxylic acids is 4. The number of ether oxygens (including phenoxy) is 2. The number of hydrogen-bond donors (Lipinski definition) is 0. The predicted molar refractivity (Wildman–Crippen MR) is 181 cm³/mol. The standard InChI is InChI=1S/C36H30Cl2N2O13.5K/c1-18-2-4-24(39(14-32(43)44)15-33(45)46)30(8-18)51-6-7-52-31-9-19(3-5-25(31)40(16-34(47)48)17-35(49)50)36-20-10-22(37)26(41)12-28(20)53-29-13-27(42)23(38)11-21(29)36;;;;;/h2-5,8-13,41H,6-7,14-17H2,1H3,(H,43,44)(H,45,46)(H,47,48)(H,49,50);;;;;/q;5*+1/p-5. The van der Waals surface area contributed by atoms with Crippen LogP contribution in [0.15, 0.2) is 69.9 Å². The van der Waals surface area contributed by atoms with Crippen molar-refractivity contribution in [1.29, 1.82) is 0 Å². The van der Waals surface area contributed by atoms with Gasteiger partial charge in [-0.3, -0.25) is 4.79 Å². The van der Waals surface area contributed by atoms with Gasteiger partial charge in [0, 0.05) is 27.6 Å². The van der Waals surface area contributed by atoms with Gasteiger partial charge in [-0.2, -0.15) is 0 Å². The smallest absolute Gasteiger partial charge is 0.871 e. The van der Waals surface area contributed by atoms with Crippen molar-refractivity contribution in [2.45, 2.75) is 6.92 Å². The van der Waals surface area contributed by atoms with Gasteiger partial charge in [0.15, 0.2) is 0 Å². The zero-order chi connectivity index (χ0) is 38.6. The number of carboxylic acids is 4. The summed E-state index contributed by atoms with van der Waals surface area (Å²) in [6.45, 7) is -2.13. The maximum Gasteiger partial charge on any atom is 1.00 e. The summed E-state index contributed by atoms with van der Waals surface area (Å²) in [5.41, 5.74) is 1.34. The van der Waals surface area contributed by atoms with Crippen molar-refractivity contribution in [2.24, 2.45) is 0 Å². The molecule has 0 bridgehead atoms. The van der Waals surface area contributed by atoms with Gasteiger partial charge in [0.2, 0.25) is 5.43 Å². The molecule has 15 nitrogen and oxygen atoms in total. The molecule has 276 valence electrons. The third-order valence-corrected chi connectivity index (χ3v) is 8.34. The second-order valence-electron chi connectivity index (χ2n) is 11.6. The van der Waals surface area contributed by atoms with Gasteiger partial charge in [-0.15, -0.1) is 0 Å². The SMILES string of the molecule is Cc1ccc(N(CC(=O)[O-])CC(=O)[O-])c(OCCOc2cc(-c3c4cc(Cl)c(=O)cc-4oc4cc([O-])c(Cl)cc34)ccc2N(CC(=O)[O-])CC(=O)[O-])c1.[K+].[K+].[K+].[K+].[K+]. The van der Waals surface area contributed by atoms with Crippen LogP contribution in [0.5, 0.6) is 17.2 Å². The number of anilines is 2. The van der Waals surface area contributed by atoms with E-state index in [4.69, 9.17) is 37.1 Å². The molecule has 2 aliphatic rings. The number of aliphatic carboxylic acids is 4. The third-order valence-electron chi connectivity index (χ3n) is 7.75. The first-order chi connectivity index (χ1) is 25.1. The summed E-state index contributed by atoms with van der Waals surface area (Å²) in [5.74, 6) is -6.77. The summed E-state index contributed by atoms with van der Waals surface area (Å²) >= 11 is 12.4. The molecule has 0 atom stereocenters. The normalized spacial score (nSPS) is 10.1. The topological polar surface area (TPSA) is 239 Å². The van der Waals surface area contributed by atoms with Crippen LogP contribution >= 0.6 is 23.2 Å². The Labute approximate surface area is 554 Å². The second kappa shape index (κ2) is 28.1. The Bertz CT molecular complexity index is 2270. The van der Waals surface area contributed by atoms with Crippen LogP contribution in [0.3, 0.4) is 0 Å². The molecule has 1 heterocycles. The van der Waals surface area contributed by atoms with Crippen LogP contribution in [-0.2, 0) is 19.2 Å². The molecule has 22 heteroatoms. The molecular formula is C36H25Cl2K5N2O13. The van der Waals surface area contributed by atoms with Crippen LogP contribution in [0.2, 0.25) is 10.0 Å². The summed E-state index contributed by atoms with van der Waals surface area (Å²) in [6.07, 6.45) is 0. The predicted octanol–water partition coefficient (Wildman–Crippen LogP) is -15.7. The second-order valence-corrected chi connectivity index (χ2v) is 12.4. The van der Waals surface area contributed by atoms with Gasteiger partial charge in [0.25, 0.3) is 0 Å². The molecule has 1 aliphatic heterocycles. The maximum absolute atomic E-state index is 12.4. The molecule has 0 saturated heterocycles. The van der Waals surface area contributed by atoms with E-state index in [-0.39, 0.29) is 314 Å². The van der Waals surface area contributed by atoms with Crippen LogP contribution in [-0.4, -0.2) is 63.3 Å². The fourth-order valence-corrected chi connectivity index (χ4v) is 5.95. The molecule has 58 heavy (non-hydrogen) atoms. The van der Waals surface area contributed by atoms with E-state index in [0.717, 1.165) is 21.9 Å². The third kappa shape index (κ3) is 16.5. The van der Waals surface area contributed by atoms with Crippen molar-refractivity contribution >= 4 is 69.4 Å². The molecule has 0 amide bonds. The van der Waals surface area contributed by atoms with Crippen LogP contribution < -0.4 is 307 Å². The number of nitrogens with zero attached hydrogens (tertiary/aromatic N) is 2. The summed E-state index contributed by atoms with van der Waals surface area (Å²) < 4.78 is 17.8. The molecular weight excluding hydrogens is 935 g/mol. The molecule has 3 aromatic rings. The van der Waals surface area contributed by atoms with Crippen molar-refractivity contribution in [2.75, 3.05) is 49.2 Å². The first-order valence-electron chi connectivity index (χ1n) is 15.5. The number of carbonyl (C=O) groups is 4. The molecule has 0 spiro atoms. The largest absolute Gasteiger partial charge is 1.00 e. The average molecular weight is 960 g/mol. The zero-order valence-corrected chi connectivity index (χ0v) is 49.6. The van der Waals surface area contributed by atoms with Crippen molar-refractivity contribution in [3.05, 3.63) is 86.5 Å². The number of aryl methyl sites for hydroxylation is 1. The molecule has 3 aromatic carbocycles. The van der Waals surface area contributed by atoms with Crippen LogP contribution in [0, 0.1) is 6.92 Å². The molecule has 5 rings (SSSR count). The van der Waals surface area contributed by atoms with Crippen LogP contribution in [0.25, 0.3) is 33.4 Å². The maximum atomic E-state index is 12.4. The van der Waals surface area contributed by atoms with Gasteiger partial charge in [-0.1, -0.05) is 41.1 Å². The average Bonchev–Trinajstić information content (AvgIpc) is 3.06. The van der Waals surface area contributed by atoms with Gasteiger partial charge < -0.3 is 68.4 Å². The minimum atomic E-state index is -1.61. The monoisotopic (exact) mass is 958 g/mol. The van der Waals surface area contributed by atoms with Crippen LogP contribution in [0.1, 0.15) is 5.56 Å². The van der Waals surface area contributed by atoms with Crippen molar-refractivity contribution in [3.63, 3.8) is 0 Å². The van der Waals surface area contributed by atoms with E-state index < -0.39 is 61.2 Å². The Balaban J connectivity index is 0.00000650. The van der Waals surface area contributed by atoms with E-state index in [1.807, 2.05) is 0 Å². The first kappa shape index (κ1) is 60.0. The molecule has 0 saturated carbocycles. The van der Waals surface area contributed by atoms with Gasteiger partial charge in [-0.25, -0.2) is 0 Å². The van der Waals surface area contributed by atoms with Crippen molar-refractivity contribution in [3.8, 4) is 39.7 Å². The first-order valence-corrected chi connectivity index (χ1v) is 16.2. The van der Waals surface area contributed by atoms with E-state index in [9.17, 15) is 49.5 Å². The number of hydrogen-bond acceptors (Lipinski definition) is 15.